The van der Waals surface area contributed by atoms with E-state index in [0.717, 1.165) is 6.42 Å². The molecule has 0 spiro atoms. The molecule has 4 nitrogen and oxygen atoms in total. The van der Waals surface area contributed by atoms with Gasteiger partial charge in [0.15, 0.2) is 0 Å². The van der Waals surface area contributed by atoms with E-state index in [2.05, 4.69) is 0 Å². The third-order valence-electron chi connectivity index (χ3n) is 2.84. The van der Waals surface area contributed by atoms with Crippen molar-refractivity contribution in [3.63, 3.8) is 0 Å². The Morgan fingerprint density at radius 3 is 2.75 bits per heavy atom. The largest absolute Gasteiger partial charge is 0.478 e. The molecule has 1 aromatic carbocycles. The molecule has 1 fully saturated rings. The van der Waals surface area contributed by atoms with E-state index in [9.17, 15) is 9.59 Å². The summed E-state index contributed by atoms with van der Waals surface area (Å²) in [6.07, 6.45) is 1.39. The van der Waals surface area contributed by atoms with Crippen LogP contribution in [0.1, 0.15) is 28.8 Å². The number of aromatic carboxylic acids is 1. The summed E-state index contributed by atoms with van der Waals surface area (Å²) in [6.45, 7) is 2.43. The summed E-state index contributed by atoms with van der Waals surface area (Å²) >= 11 is 0. The lowest BCUT2D eigenvalue weighted by Crippen LogP contribution is -2.24. The van der Waals surface area contributed by atoms with Crippen molar-refractivity contribution in [2.75, 3.05) is 11.4 Å². The van der Waals surface area contributed by atoms with Crippen molar-refractivity contribution in [2.24, 2.45) is 0 Å². The van der Waals surface area contributed by atoms with Crippen LogP contribution in [-0.2, 0) is 4.79 Å². The Labute approximate surface area is 93.5 Å². The van der Waals surface area contributed by atoms with Crippen LogP contribution >= 0.6 is 0 Å². The summed E-state index contributed by atoms with van der Waals surface area (Å²) in [5.41, 5.74) is 1.66. The van der Waals surface area contributed by atoms with Crippen molar-refractivity contribution >= 4 is 17.6 Å². The molecule has 0 bridgehead atoms. The van der Waals surface area contributed by atoms with Gasteiger partial charge in [0.2, 0.25) is 5.91 Å². The lowest BCUT2D eigenvalue weighted by molar-refractivity contribution is -0.117. The number of hydrogen-bond acceptors (Lipinski definition) is 2. The molecule has 1 amide bonds. The van der Waals surface area contributed by atoms with Crippen molar-refractivity contribution in [1.82, 2.24) is 0 Å². The number of nitrogens with zero attached hydrogens (tertiary/aromatic N) is 1. The van der Waals surface area contributed by atoms with Gasteiger partial charge in [-0.3, -0.25) is 4.79 Å². The monoisotopic (exact) mass is 219 g/mol. The molecule has 1 aliphatic heterocycles. The maximum atomic E-state index is 11.5. The van der Waals surface area contributed by atoms with Gasteiger partial charge in [-0.15, -0.1) is 0 Å². The second-order valence-electron chi connectivity index (χ2n) is 3.95. The molecule has 0 aliphatic carbocycles. The first-order chi connectivity index (χ1) is 7.59. The number of carboxylic acid groups (broad SMARTS) is 1. The van der Waals surface area contributed by atoms with E-state index in [-0.39, 0.29) is 11.5 Å². The highest BCUT2D eigenvalue weighted by Crippen LogP contribution is 2.23. The molecule has 0 saturated carbocycles. The Balaban J connectivity index is 2.39. The number of benzene rings is 1. The van der Waals surface area contributed by atoms with Crippen LogP contribution in [-0.4, -0.2) is 23.5 Å². The minimum absolute atomic E-state index is 0.0696. The van der Waals surface area contributed by atoms with E-state index < -0.39 is 5.97 Å². The van der Waals surface area contributed by atoms with Gasteiger partial charge in [-0.1, -0.05) is 6.07 Å². The van der Waals surface area contributed by atoms with Crippen molar-refractivity contribution in [3.8, 4) is 0 Å². The number of rotatable bonds is 2. The fraction of sp³-hybridized carbons (Fsp3) is 0.333. The number of carbonyl (C=O) groups is 2. The number of carboxylic acids is 1. The van der Waals surface area contributed by atoms with Gasteiger partial charge in [0.05, 0.1) is 5.56 Å². The van der Waals surface area contributed by atoms with Gasteiger partial charge in [0.25, 0.3) is 0 Å². The van der Waals surface area contributed by atoms with Crippen LogP contribution in [0.2, 0.25) is 0 Å². The van der Waals surface area contributed by atoms with E-state index in [0.29, 0.717) is 24.2 Å². The maximum Gasteiger partial charge on any atom is 0.336 e. The zero-order chi connectivity index (χ0) is 11.7. The Morgan fingerprint density at radius 1 is 1.44 bits per heavy atom. The zero-order valence-electron chi connectivity index (χ0n) is 9.06. The number of hydrogen-bond donors (Lipinski definition) is 1. The van der Waals surface area contributed by atoms with E-state index >= 15 is 0 Å². The van der Waals surface area contributed by atoms with Crippen LogP contribution in [0.25, 0.3) is 0 Å². The fourth-order valence-electron chi connectivity index (χ4n) is 1.93. The summed E-state index contributed by atoms with van der Waals surface area (Å²) in [4.78, 5) is 24.1. The molecule has 0 radical (unpaired) electrons. The number of anilines is 1. The third kappa shape index (κ3) is 1.78. The quantitative estimate of drug-likeness (QED) is 0.825. The Morgan fingerprint density at radius 2 is 2.19 bits per heavy atom. The topological polar surface area (TPSA) is 57.6 Å². The average molecular weight is 219 g/mol. The molecule has 0 unspecified atom stereocenters. The molecule has 16 heavy (non-hydrogen) atoms. The second-order valence-corrected chi connectivity index (χ2v) is 3.95. The van der Waals surface area contributed by atoms with Gasteiger partial charge in [0.1, 0.15) is 0 Å². The summed E-state index contributed by atoms with van der Waals surface area (Å²) in [5, 5.41) is 9.00. The van der Waals surface area contributed by atoms with Crippen molar-refractivity contribution in [1.29, 1.82) is 0 Å². The van der Waals surface area contributed by atoms with Crippen molar-refractivity contribution < 1.29 is 14.7 Å². The average Bonchev–Trinajstić information content (AvgIpc) is 2.65. The molecular formula is C12H13NO3. The molecule has 1 heterocycles. The lowest BCUT2D eigenvalue weighted by Gasteiger charge is -2.16. The van der Waals surface area contributed by atoms with E-state index in [1.165, 1.54) is 0 Å². The number of carbonyl (C=O) groups excluding carboxylic acids is 1. The lowest BCUT2D eigenvalue weighted by atomic mass is 10.1. The van der Waals surface area contributed by atoms with E-state index in [1.54, 1.807) is 30.0 Å². The molecule has 2 rings (SSSR count). The molecule has 1 N–H and O–H groups in total. The normalized spacial score (nSPS) is 15.6. The zero-order valence-corrected chi connectivity index (χ0v) is 9.06. The van der Waals surface area contributed by atoms with Gasteiger partial charge >= 0.3 is 5.97 Å². The van der Waals surface area contributed by atoms with Crippen LogP contribution in [0, 0.1) is 6.92 Å². The van der Waals surface area contributed by atoms with Crippen LogP contribution in [0.5, 0.6) is 0 Å². The predicted octanol–water partition coefficient (Wildman–Crippen LogP) is 1.82. The molecule has 4 heteroatoms. The molecular weight excluding hydrogens is 206 g/mol. The maximum absolute atomic E-state index is 11.5. The minimum Gasteiger partial charge on any atom is -0.478 e. The van der Waals surface area contributed by atoms with Crippen LogP contribution in [0.15, 0.2) is 18.2 Å². The summed E-state index contributed by atoms with van der Waals surface area (Å²) in [6, 6.07) is 5.11. The highest BCUT2D eigenvalue weighted by atomic mass is 16.4. The summed E-state index contributed by atoms with van der Waals surface area (Å²) < 4.78 is 0. The van der Waals surface area contributed by atoms with Gasteiger partial charge in [-0.05, 0) is 31.0 Å². The Bertz CT molecular complexity index is 454. The molecule has 1 aliphatic rings. The van der Waals surface area contributed by atoms with E-state index in [4.69, 9.17) is 5.11 Å². The SMILES string of the molecule is Cc1ccc(N2CCCC2=O)cc1C(=O)O. The highest BCUT2D eigenvalue weighted by molar-refractivity contribution is 5.97. The van der Waals surface area contributed by atoms with Gasteiger partial charge in [0, 0.05) is 18.7 Å². The first kappa shape index (κ1) is 10.7. The standard InChI is InChI=1S/C12H13NO3/c1-8-4-5-9(7-10(8)12(15)16)13-6-2-3-11(13)14/h4-5,7H,2-3,6H2,1H3,(H,15,16). The summed E-state index contributed by atoms with van der Waals surface area (Å²) in [5.74, 6) is -0.883. The fourth-order valence-corrected chi connectivity index (χ4v) is 1.93. The van der Waals surface area contributed by atoms with Gasteiger partial charge in [-0.2, -0.15) is 0 Å². The minimum atomic E-state index is -0.953. The smallest absolute Gasteiger partial charge is 0.336 e. The Hall–Kier alpha value is -1.84. The predicted molar refractivity (Wildman–Crippen MR) is 59.7 cm³/mol. The molecule has 1 aromatic rings. The second kappa shape index (κ2) is 3.96. The molecule has 84 valence electrons. The molecule has 1 saturated heterocycles. The van der Waals surface area contributed by atoms with Crippen LogP contribution in [0.3, 0.4) is 0 Å². The third-order valence-corrected chi connectivity index (χ3v) is 2.84. The number of aryl methyl sites for hydroxylation is 1. The Kier molecular flexibility index (Phi) is 2.64. The van der Waals surface area contributed by atoms with Gasteiger partial charge in [-0.25, -0.2) is 4.79 Å². The first-order valence-corrected chi connectivity index (χ1v) is 5.24. The van der Waals surface area contributed by atoms with E-state index in [1.807, 2.05) is 0 Å². The van der Waals surface area contributed by atoms with Crippen molar-refractivity contribution in [2.45, 2.75) is 19.8 Å². The van der Waals surface area contributed by atoms with Crippen molar-refractivity contribution in [3.05, 3.63) is 29.3 Å². The highest BCUT2D eigenvalue weighted by Gasteiger charge is 2.22. The number of amides is 1. The summed E-state index contributed by atoms with van der Waals surface area (Å²) in [7, 11) is 0. The van der Waals surface area contributed by atoms with Crippen LogP contribution in [0.4, 0.5) is 5.69 Å². The first-order valence-electron chi connectivity index (χ1n) is 5.24. The molecule has 0 aromatic heterocycles. The van der Waals surface area contributed by atoms with Gasteiger partial charge < -0.3 is 10.0 Å². The molecule has 0 atom stereocenters. The van der Waals surface area contributed by atoms with Crippen LogP contribution < -0.4 is 4.90 Å².